The molecule has 1 aliphatic rings. The number of ketones is 1. The third-order valence-electron chi connectivity index (χ3n) is 2.63. The Balaban J connectivity index is -0.000000653. The maximum absolute atomic E-state index is 11.3. The number of aliphatic hydroxyl groups excluding tert-OH is 1. The van der Waals surface area contributed by atoms with Crippen LogP contribution < -0.4 is 5.32 Å². The van der Waals surface area contributed by atoms with Gasteiger partial charge in [0.2, 0.25) is 0 Å². The predicted octanol–water partition coefficient (Wildman–Crippen LogP) is 0.776. The van der Waals surface area contributed by atoms with Crippen LogP contribution in [-0.4, -0.2) is 45.9 Å². The molecule has 0 fully saturated rings. The molecule has 0 saturated heterocycles. The molecule has 0 saturated carbocycles. The molecule has 0 bridgehead atoms. The third-order valence-corrected chi connectivity index (χ3v) is 2.63. The number of Topliss-reactive ketones (excluding diaryl/α,β-unsaturated/α-hetero) is 1. The van der Waals surface area contributed by atoms with Crippen LogP contribution in [0.3, 0.4) is 0 Å². The zero-order valence-electron chi connectivity index (χ0n) is 11.3. The van der Waals surface area contributed by atoms with Gasteiger partial charge in [-0.15, -0.1) is 0 Å². The Bertz CT molecular complexity index is 321. The predicted molar refractivity (Wildman–Crippen MR) is 59.7 cm³/mol. The molecule has 0 aromatic carbocycles. The summed E-state index contributed by atoms with van der Waals surface area (Å²) in [7, 11) is 0. The van der Waals surface area contributed by atoms with Crippen LogP contribution in [0.15, 0.2) is 11.3 Å². The van der Waals surface area contributed by atoms with E-state index in [1.807, 2.05) is 13.8 Å². The van der Waals surface area contributed by atoms with Crippen LogP contribution in [0.1, 0.15) is 30.0 Å². The fourth-order valence-corrected chi connectivity index (χ4v) is 1.54. The van der Waals surface area contributed by atoms with Crippen molar-refractivity contribution in [1.29, 1.82) is 0 Å². The monoisotopic (exact) mass is 223 g/mol. The fraction of sp³-hybridized carbons (Fsp3) is 0.600. The van der Waals surface area contributed by atoms with Crippen LogP contribution >= 0.6 is 0 Å². The van der Waals surface area contributed by atoms with Crippen molar-refractivity contribution in [1.82, 2.24) is 5.32 Å². The van der Waals surface area contributed by atoms with Gasteiger partial charge < -0.3 is 13.3 Å². The average molecular weight is 224 g/mol. The number of aliphatic hydroxyl groups is 1. The first-order chi connectivity index (χ1) is 6.49. The summed E-state index contributed by atoms with van der Waals surface area (Å²) in [5.41, 5.74) is -0.0877. The van der Waals surface area contributed by atoms with Crippen molar-refractivity contribution < 1.29 is 17.5 Å². The number of hydrogen-bond donors (Lipinski definition) is 2. The summed E-state index contributed by atoms with van der Waals surface area (Å²) in [5, 5.41) is 12.3. The molecule has 1 rings (SSSR count). The molecule has 82 valence electrons. The van der Waals surface area contributed by atoms with E-state index in [4.69, 9.17) is 0 Å². The van der Waals surface area contributed by atoms with Gasteiger partial charge in [0, 0.05) is 0 Å². The molecule has 4 nitrogen and oxygen atoms in total. The van der Waals surface area contributed by atoms with E-state index in [-0.39, 0.29) is 48.9 Å². The van der Waals surface area contributed by atoms with Crippen molar-refractivity contribution in [3.05, 3.63) is 11.3 Å². The van der Waals surface area contributed by atoms with Crippen LogP contribution in [0.5, 0.6) is 0 Å². The first-order valence-corrected chi connectivity index (χ1v) is 4.74. The summed E-state index contributed by atoms with van der Waals surface area (Å²) in [5.74, 6) is -0.807. The van der Waals surface area contributed by atoms with Gasteiger partial charge in [-0.3, -0.25) is 9.59 Å². The summed E-state index contributed by atoms with van der Waals surface area (Å²) in [6.45, 7) is 5.17. The molecule has 0 aromatic rings. The molecular formula is C10H17MgNO3. The van der Waals surface area contributed by atoms with Gasteiger partial charge in [-0.25, -0.2) is 0 Å². The standard InChI is InChI=1S/C10H15NO3.Mg.2H/c1-4-5(2)8-9(13)7(6(3)12)10(14)11-8;;;/h5,8,13H,4H2,1-3H3,(H,11,14);;;/q;+2;2*-1. The van der Waals surface area contributed by atoms with Gasteiger partial charge in [-0.05, 0) is 12.8 Å². The van der Waals surface area contributed by atoms with Gasteiger partial charge >= 0.3 is 23.1 Å². The Labute approximate surface area is 108 Å². The van der Waals surface area contributed by atoms with E-state index in [1.165, 1.54) is 6.92 Å². The largest absolute Gasteiger partial charge is 2.00 e. The zero-order valence-corrected chi connectivity index (χ0v) is 10.7. The Morgan fingerprint density at radius 3 is 2.53 bits per heavy atom. The summed E-state index contributed by atoms with van der Waals surface area (Å²) in [6.07, 6.45) is 0.834. The van der Waals surface area contributed by atoms with E-state index < -0.39 is 11.9 Å². The quantitative estimate of drug-likeness (QED) is 0.549. The molecule has 2 N–H and O–H groups in total. The van der Waals surface area contributed by atoms with E-state index >= 15 is 0 Å². The second-order valence-corrected chi connectivity index (χ2v) is 3.65. The first-order valence-electron chi connectivity index (χ1n) is 4.74. The molecule has 5 heteroatoms. The van der Waals surface area contributed by atoms with Crippen LogP contribution in [0.25, 0.3) is 0 Å². The van der Waals surface area contributed by atoms with Crippen LogP contribution in [0.2, 0.25) is 0 Å². The summed E-state index contributed by atoms with van der Waals surface area (Å²) in [4.78, 5) is 22.4. The van der Waals surface area contributed by atoms with Gasteiger partial charge in [0.25, 0.3) is 5.91 Å². The van der Waals surface area contributed by atoms with Crippen LogP contribution in [0.4, 0.5) is 0 Å². The molecule has 2 atom stereocenters. The number of nitrogens with one attached hydrogen (secondary N) is 1. The third kappa shape index (κ3) is 2.72. The number of hydrogen-bond acceptors (Lipinski definition) is 3. The molecule has 0 aromatic heterocycles. The van der Waals surface area contributed by atoms with Crippen LogP contribution in [-0.2, 0) is 9.59 Å². The minimum absolute atomic E-state index is 0. The smallest absolute Gasteiger partial charge is 1.00 e. The number of amides is 1. The van der Waals surface area contributed by atoms with Crippen molar-refractivity contribution in [2.24, 2.45) is 5.92 Å². The molecule has 0 radical (unpaired) electrons. The van der Waals surface area contributed by atoms with Gasteiger partial charge in [0.1, 0.15) is 11.3 Å². The molecule has 2 unspecified atom stereocenters. The molecule has 15 heavy (non-hydrogen) atoms. The van der Waals surface area contributed by atoms with E-state index in [2.05, 4.69) is 5.32 Å². The maximum Gasteiger partial charge on any atom is 2.00 e. The van der Waals surface area contributed by atoms with Crippen molar-refractivity contribution in [3.63, 3.8) is 0 Å². The van der Waals surface area contributed by atoms with Gasteiger partial charge in [0.15, 0.2) is 5.78 Å². The van der Waals surface area contributed by atoms with Crippen molar-refractivity contribution >= 4 is 34.7 Å². The Morgan fingerprint density at radius 2 is 2.20 bits per heavy atom. The average Bonchev–Trinajstić information content (AvgIpc) is 2.40. The molecule has 1 aliphatic heterocycles. The van der Waals surface area contributed by atoms with Crippen molar-refractivity contribution in [2.75, 3.05) is 0 Å². The Morgan fingerprint density at radius 1 is 1.67 bits per heavy atom. The van der Waals surface area contributed by atoms with Crippen LogP contribution in [0, 0.1) is 5.92 Å². The number of carbonyl (C=O) groups is 2. The molecular weight excluding hydrogens is 206 g/mol. The number of carbonyl (C=O) groups excluding carboxylic acids is 2. The summed E-state index contributed by atoms with van der Waals surface area (Å²) < 4.78 is 0. The van der Waals surface area contributed by atoms with Crippen molar-refractivity contribution in [2.45, 2.75) is 33.2 Å². The van der Waals surface area contributed by atoms with E-state index in [9.17, 15) is 14.7 Å². The first kappa shape index (κ1) is 14.4. The van der Waals surface area contributed by atoms with Gasteiger partial charge in [0.05, 0.1) is 6.04 Å². The van der Waals surface area contributed by atoms with E-state index in [1.54, 1.807) is 0 Å². The second-order valence-electron chi connectivity index (χ2n) is 3.65. The number of rotatable bonds is 3. The molecule has 1 heterocycles. The zero-order chi connectivity index (χ0) is 10.9. The van der Waals surface area contributed by atoms with Gasteiger partial charge in [-0.2, -0.15) is 0 Å². The fourth-order valence-electron chi connectivity index (χ4n) is 1.54. The summed E-state index contributed by atoms with van der Waals surface area (Å²) >= 11 is 0. The molecule has 0 spiro atoms. The topological polar surface area (TPSA) is 66.4 Å². The molecule has 1 amide bonds. The minimum Gasteiger partial charge on any atom is -1.00 e. The van der Waals surface area contributed by atoms with E-state index in [0.717, 1.165) is 6.42 Å². The maximum atomic E-state index is 11.3. The molecule has 0 aliphatic carbocycles. The minimum atomic E-state index is -0.458. The Hall–Kier alpha value is -0.554. The SMILES string of the molecule is CCC(C)C1NC(=O)C(C(C)=O)=C1O.[H-].[H-].[Mg+2]. The normalized spacial score (nSPS) is 22.1. The van der Waals surface area contributed by atoms with Crippen molar-refractivity contribution in [3.8, 4) is 0 Å². The second kappa shape index (κ2) is 5.51. The Kier molecular flexibility index (Phi) is 5.30. The van der Waals surface area contributed by atoms with E-state index in [0.29, 0.717) is 0 Å². The summed E-state index contributed by atoms with van der Waals surface area (Å²) in [6, 6.07) is -0.397. The van der Waals surface area contributed by atoms with Gasteiger partial charge in [-0.1, -0.05) is 20.3 Å².